The molecule has 0 radical (unpaired) electrons. The zero-order valence-electron chi connectivity index (χ0n) is 10.3. The van der Waals surface area contributed by atoms with E-state index in [1.54, 1.807) is 0 Å². The summed E-state index contributed by atoms with van der Waals surface area (Å²) in [5.74, 6) is -1.09. The van der Waals surface area contributed by atoms with Gasteiger partial charge in [-0.05, 0) is 29.8 Å². The molecule has 1 aromatic carbocycles. The van der Waals surface area contributed by atoms with Gasteiger partial charge >= 0.3 is 5.97 Å². The third-order valence-corrected chi connectivity index (χ3v) is 3.02. The van der Waals surface area contributed by atoms with E-state index in [0.29, 0.717) is 0 Å². The van der Waals surface area contributed by atoms with Crippen molar-refractivity contribution in [1.82, 2.24) is 4.98 Å². The van der Waals surface area contributed by atoms with Crippen molar-refractivity contribution in [3.63, 3.8) is 0 Å². The van der Waals surface area contributed by atoms with Crippen LogP contribution in [0, 0.1) is 0 Å². The van der Waals surface area contributed by atoms with Gasteiger partial charge in [0.05, 0.1) is 12.0 Å². The highest BCUT2D eigenvalue weighted by molar-refractivity contribution is 9.10. The number of nitrogens with one attached hydrogen (secondary N) is 1. The highest BCUT2D eigenvalue weighted by Gasteiger charge is 2.08. The Balaban J connectivity index is 2.04. The number of benzene rings is 1. The molecule has 0 atom stereocenters. The fourth-order valence-corrected chi connectivity index (χ4v) is 2.10. The SMILES string of the molecule is O=C(Cc1cccc(Br)c1)Nc1cc(C(=O)O)ccn1. The molecule has 0 aliphatic rings. The van der Waals surface area contributed by atoms with Crippen molar-refractivity contribution in [1.29, 1.82) is 0 Å². The summed E-state index contributed by atoms with van der Waals surface area (Å²) in [4.78, 5) is 26.6. The molecule has 1 amide bonds. The highest BCUT2D eigenvalue weighted by Crippen LogP contribution is 2.13. The summed E-state index contributed by atoms with van der Waals surface area (Å²) >= 11 is 3.34. The lowest BCUT2D eigenvalue weighted by Gasteiger charge is -2.05. The van der Waals surface area contributed by atoms with Crippen LogP contribution in [0.3, 0.4) is 0 Å². The van der Waals surface area contributed by atoms with Gasteiger partial charge in [0.15, 0.2) is 0 Å². The molecule has 102 valence electrons. The molecule has 0 aliphatic heterocycles. The quantitative estimate of drug-likeness (QED) is 0.900. The summed E-state index contributed by atoms with van der Waals surface area (Å²) in [7, 11) is 0. The molecule has 6 heteroatoms. The molecule has 0 saturated carbocycles. The van der Waals surface area contributed by atoms with E-state index in [1.807, 2.05) is 24.3 Å². The van der Waals surface area contributed by atoms with E-state index in [0.717, 1.165) is 10.0 Å². The monoisotopic (exact) mass is 334 g/mol. The van der Waals surface area contributed by atoms with E-state index < -0.39 is 5.97 Å². The largest absolute Gasteiger partial charge is 0.478 e. The first-order chi connectivity index (χ1) is 9.54. The van der Waals surface area contributed by atoms with E-state index in [2.05, 4.69) is 26.2 Å². The van der Waals surface area contributed by atoms with Gasteiger partial charge < -0.3 is 10.4 Å². The van der Waals surface area contributed by atoms with Crippen LogP contribution in [0.1, 0.15) is 15.9 Å². The molecule has 2 aromatic rings. The number of aromatic carboxylic acids is 1. The first-order valence-electron chi connectivity index (χ1n) is 5.78. The number of pyridine rings is 1. The maximum absolute atomic E-state index is 11.9. The van der Waals surface area contributed by atoms with Gasteiger partial charge in [-0.2, -0.15) is 0 Å². The average Bonchev–Trinajstić information content (AvgIpc) is 2.38. The number of carbonyl (C=O) groups excluding carboxylic acids is 1. The van der Waals surface area contributed by atoms with Crippen LogP contribution < -0.4 is 5.32 Å². The molecule has 0 unspecified atom stereocenters. The number of carbonyl (C=O) groups is 2. The maximum Gasteiger partial charge on any atom is 0.335 e. The van der Waals surface area contributed by atoms with E-state index in [1.165, 1.54) is 18.3 Å². The van der Waals surface area contributed by atoms with Crippen molar-refractivity contribution < 1.29 is 14.7 Å². The third-order valence-electron chi connectivity index (χ3n) is 2.53. The Bertz CT molecular complexity index is 658. The van der Waals surface area contributed by atoms with Crippen molar-refractivity contribution >= 4 is 33.6 Å². The van der Waals surface area contributed by atoms with Gasteiger partial charge in [-0.3, -0.25) is 4.79 Å². The van der Waals surface area contributed by atoms with Crippen LogP contribution in [0.15, 0.2) is 47.1 Å². The summed E-state index contributed by atoms with van der Waals surface area (Å²) < 4.78 is 0.897. The summed E-state index contributed by atoms with van der Waals surface area (Å²) in [6, 6.07) is 10.1. The van der Waals surface area contributed by atoms with Crippen LogP contribution in [0.4, 0.5) is 5.82 Å². The van der Waals surface area contributed by atoms with Gasteiger partial charge in [-0.1, -0.05) is 28.1 Å². The van der Waals surface area contributed by atoms with Gasteiger partial charge in [0, 0.05) is 10.7 Å². The van der Waals surface area contributed by atoms with Crippen LogP contribution in [0.2, 0.25) is 0 Å². The lowest BCUT2D eigenvalue weighted by atomic mass is 10.1. The van der Waals surface area contributed by atoms with Crippen LogP contribution >= 0.6 is 15.9 Å². The molecule has 2 N–H and O–H groups in total. The van der Waals surface area contributed by atoms with E-state index in [4.69, 9.17) is 5.11 Å². The predicted octanol–water partition coefficient (Wildman–Crippen LogP) is 2.72. The van der Waals surface area contributed by atoms with Crippen molar-refractivity contribution in [3.8, 4) is 0 Å². The van der Waals surface area contributed by atoms with Gasteiger partial charge in [-0.15, -0.1) is 0 Å². The lowest BCUT2D eigenvalue weighted by molar-refractivity contribution is -0.115. The molecule has 1 aromatic heterocycles. The first-order valence-corrected chi connectivity index (χ1v) is 6.57. The predicted molar refractivity (Wildman–Crippen MR) is 77.7 cm³/mol. The summed E-state index contributed by atoms with van der Waals surface area (Å²) in [6.45, 7) is 0. The van der Waals surface area contributed by atoms with Crippen molar-refractivity contribution in [3.05, 3.63) is 58.2 Å². The van der Waals surface area contributed by atoms with Crippen molar-refractivity contribution in [2.24, 2.45) is 0 Å². The number of aromatic nitrogens is 1. The topological polar surface area (TPSA) is 79.3 Å². The molecule has 5 nitrogen and oxygen atoms in total. The second kappa shape index (κ2) is 6.29. The third kappa shape index (κ3) is 3.89. The van der Waals surface area contributed by atoms with E-state index >= 15 is 0 Å². The number of nitrogens with zero attached hydrogens (tertiary/aromatic N) is 1. The molecule has 20 heavy (non-hydrogen) atoms. The van der Waals surface area contributed by atoms with Crippen LogP contribution in [-0.4, -0.2) is 22.0 Å². The van der Waals surface area contributed by atoms with Crippen molar-refractivity contribution in [2.75, 3.05) is 5.32 Å². The summed E-state index contributed by atoms with van der Waals surface area (Å²) in [5.41, 5.74) is 0.934. The normalized spacial score (nSPS) is 10.1. The summed E-state index contributed by atoms with van der Waals surface area (Å²) in [5, 5.41) is 11.4. The molecule has 0 spiro atoms. The number of anilines is 1. The number of hydrogen-bond donors (Lipinski definition) is 2. The maximum atomic E-state index is 11.9. The van der Waals surface area contributed by atoms with E-state index in [-0.39, 0.29) is 23.7 Å². The van der Waals surface area contributed by atoms with Gasteiger partial charge in [0.25, 0.3) is 0 Å². The zero-order chi connectivity index (χ0) is 14.5. The Kier molecular flexibility index (Phi) is 4.47. The highest BCUT2D eigenvalue weighted by atomic mass is 79.9. The number of hydrogen-bond acceptors (Lipinski definition) is 3. The van der Waals surface area contributed by atoms with Crippen LogP contribution in [0.25, 0.3) is 0 Å². The molecule has 0 bridgehead atoms. The minimum absolute atomic E-state index is 0.0813. The first kappa shape index (κ1) is 14.2. The molecular formula is C14H11BrN2O3. The van der Waals surface area contributed by atoms with Crippen LogP contribution in [-0.2, 0) is 11.2 Å². The lowest BCUT2D eigenvalue weighted by Crippen LogP contribution is -2.15. The van der Waals surface area contributed by atoms with Gasteiger partial charge in [0.1, 0.15) is 5.82 Å². The Morgan fingerprint density at radius 3 is 2.75 bits per heavy atom. The number of amides is 1. The molecule has 2 rings (SSSR count). The molecule has 0 fully saturated rings. The smallest absolute Gasteiger partial charge is 0.335 e. The fourth-order valence-electron chi connectivity index (χ4n) is 1.65. The number of halogens is 1. The number of carboxylic acid groups (broad SMARTS) is 1. The average molecular weight is 335 g/mol. The minimum Gasteiger partial charge on any atom is -0.478 e. The molecule has 1 heterocycles. The van der Waals surface area contributed by atoms with E-state index in [9.17, 15) is 9.59 Å². The second-order valence-corrected chi connectivity index (χ2v) is 5.01. The Morgan fingerprint density at radius 1 is 1.25 bits per heavy atom. The minimum atomic E-state index is -1.06. The van der Waals surface area contributed by atoms with Gasteiger partial charge in [-0.25, -0.2) is 9.78 Å². The standard InChI is InChI=1S/C14H11BrN2O3/c15-11-3-1-2-9(6-11)7-13(18)17-12-8-10(14(19)20)4-5-16-12/h1-6,8H,7H2,(H,19,20)(H,16,17,18). The summed E-state index contributed by atoms with van der Waals surface area (Å²) in [6.07, 6.45) is 1.54. The Hall–Kier alpha value is -2.21. The Labute approximate surface area is 123 Å². The Morgan fingerprint density at radius 2 is 2.05 bits per heavy atom. The molecule has 0 aliphatic carbocycles. The molecular weight excluding hydrogens is 324 g/mol. The van der Waals surface area contributed by atoms with Crippen LogP contribution in [0.5, 0.6) is 0 Å². The fraction of sp³-hybridized carbons (Fsp3) is 0.0714. The zero-order valence-corrected chi connectivity index (χ0v) is 11.9. The van der Waals surface area contributed by atoms with Crippen molar-refractivity contribution in [2.45, 2.75) is 6.42 Å². The van der Waals surface area contributed by atoms with Gasteiger partial charge in [0.2, 0.25) is 5.91 Å². The number of rotatable bonds is 4. The second-order valence-electron chi connectivity index (χ2n) is 4.09. The number of carboxylic acids is 1. The molecule has 0 saturated heterocycles.